The van der Waals surface area contributed by atoms with Crippen molar-refractivity contribution in [3.8, 4) is 6.07 Å². The zero-order valence-corrected chi connectivity index (χ0v) is 15.5. The molecule has 7 heteroatoms. The largest absolute Gasteiger partial charge is 0.478 e. The molecule has 0 aliphatic carbocycles. The van der Waals surface area contributed by atoms with E-state index in [1.165, 1.54) is 6.07 Å². The highest BCUT2D eigenvalue weighted by molar-refractivity contribution is 6.36. The van der Waals surface area contributed by atoms with Crippen molar-refractivity contribution in [2.24, 2.45) is 0 Å². The molecule has 0 unspecified atom stereocenters. The summed E-state index contributed by atoms with van der Waals surface area (Å²) in [5.74, 6) is -1.06. The van der Waals surface area contributed by atoms with E-state index in [9.17, 15) is 15.2 Å². The van der Waals surface area contributed by atoms with Crippen molar-refractivity contribution >= 4 is 34.9 Å². The highest BCUT2D eigenvalue weighted by atomic mass is 35.5. The van der Waals surface area contributed by atoms with Crippen LogP contribution >= 0.6 is 23.2 Å². The lowest BCUT2D eigenvalue weighted by Crippen LogP contribution is -2.46. The van der Waals surface area contributed by atoms with Gasteiger partial charge in [0.25, 0.3) is 0 Å². The van der Waals surface area contributed by atoms with Gasteiger partial charge in [-0.3, -0.25) is 4.90 Å². The van der Waals surface area contributed by atoms with E-state index in [-0.39, 0.29) is 10.6 Å². The number of carboxylic acids is 1. The molecule has 1 aliphatic rings. The van der Waals surface area contributed by atoms with Crippen LogP contribution in [0.5, 0.6) is 0 Å². The van der Waals surface area contributed by atoms with E-state index in [0.717, 1.165) is 37.4 Å². The van der Waals surface area contributed by atoms with E-state index in [1.807, 2.05) is 24.3 Å². The van der Waals surface area contributed by atoms with Crippen molar-refractivity contribution in [1.82, 2.24) is 4.90 Å². The summed E-state index contributed by atoms with van der Waals surface area (Å²) in [4.78, 5) is 15.7. The van der Waals surface area contributed by atoms with Crippen LogP contribution in [0, 0.1) is 11.3 Å². The molecule has 1 heterocycles. The van der Waals surface area contributed by atoms with Crippen LogP contribution in [-0.2, 0) is 6.54 Å². The average molecular weight is 390 g/mol. The van der Waals surface area contributed by atoms with Gasteiger partial charge in [-0.1, -0.05) is 35.3 Å². The molecular formula is C19H17Cl2N3O2. The molecule has 0 saturated carbocycles. The number of anilines is 1. The molecule has 0 aromatic heterocycles. The summed E-state index contributed by atoms with van der Waals surface area (Å²) in [5.41, 5.74) is 2.44. The monoisotopic (exact) mass is 389 g/mol. The number of hydrogen-bond donors (Lipinski definition) is 1. The first kappa shape index (κ1) is 18.5. The van der Waals surface area contributed by atoms with Gasteiger partial charge in [-0.25, -0.2) is 4.79 Å². The molecule has 0 bridgehead atoms. The minimum atomic E-state index is -1.06. The van der Waals surface area contributed by atoms with Crippen molar-refractivity contribution in [2.75, 3.05) is 31.1 Å². The molecule has 134 valence electrons. The number of halogens is 2. The fourth-order valence-corrected chi connectivity index (χ4v) is 3.63. The Hall–Kier alpha value is -2.26. The van der Waals surface area contributed by atoms with Gasteiger partial charge in [-0.05, 0) is 29.8 Å². The molecule has 3 rings (SSSR count). The highest BCUT2D eigenvalue weighted by Crippen LogP contribution is 2.27. The van der Waals surface area contributed by atoms with Crippen LogP contribution < -0.4 is 4.90 Å². The number of carbonyl (C=O) groups is 1. The Bertz CT molecular complexity index is 872. The molecule has 1 saturated heterocycles. The van der Waals surface area contributed by atoms with Crippen molar-refractivity contribution < 1.29 is 9.90 Å². The number of aromatic carboxylic acids is 1. The van der Waals surface area contributed by atoms with Crippen LogP contribution in [0.1, 0.15) is 21.5 Å². The van der Waals surface area contributed by atoms with Crippen molar-refractivity contribution in [3.63, 3.8) is 0 Å². The Labute approximate surface area is 162 Å². The lowest BCUT2D eigenvalue weighted by Gasteiger charge is -2.36. The van der Waals surface area contributed by atoms with Crippen LogP contribution in [-0.4, -0.2) is 42.2 Å². The fourth-order valence-electron chi connectivity index (χ4n) is 3.11. The molecule has 26 heavy (non-hydrogen) atoms. The molecule has 2 aromatic rings. The number of rotatable bonds is 4. The molecule has 2 aromatic carbocycles. The third-order valence-corrected chi connectivity index (χ3v) is 5.16. The average Bonchev–Trinajstić information content (AvgIpc) is 2.64. The van der Waals surface area contributed by atoms with Gasteiger partial charge in [0, 0.05) is 37.7 Å². The molecule has 0 radical (unpaired) electrons. The number of nitrogens with zero attached hydrogens (tertiary/aromatic N) is 3. The van der Waals surface area contributed by atoms with Gasteiger partial charge in [-0.15, -0.1) is 0 Å². The van der Waals surface area contributed by atoms with Crippen molar-refractivity contribution in [1.29, 1.82) is 5.26 Å². The molecule has 1 N–H and O–H groups in total. The van der Waals surface area contributed by atoms with Crippen LogP contribution in [0.3, 0.4) is 0 Å². The van der Waals surface area contributed by atoms with Gasteiger partial charge < -0.3 is 10.0 Å². The van der Waals surface area contributed by atoms with Crippen LogP contribution in [0.15, 0.2) is 36.4 Å². The summed E-state index contributed by atoms with van der Waals surface area (Å²) in [5, 5.41) is 19.1. The van der Waals surface area contributed by atoms with E-state index in [2.05, 4.69) is 15.9 Å². The van der Waals surface area contributed by atoms with E-state index in [1.54, 1.807) is 6.07 Å². The second-order valence-corrected chi connectivity index (χ2v) is 6.94. The SMILES string of the molecule is N#Cc1ccccc1N1CCN(Cc2cc(C(=O)O)c(Cl)cc2Cl)CC1. The summed E-state index contributed by atoms with van der Waals surface area (Å²) < 4.78 is 0. The predicted molar refractivity (Wildman–Crippen MR) is 102 cm³/mol. The zero-order chi connectivity index (χ0) is 18.7. The van der Waals surface area contributed by atoms with E-state index < -0.39 is 5.97 Å². The zero-order valence-electron chi connectivity index (χ0n) is 14.0. The lowest BCUT2D eigenvalue weighted by molar-refractivity contribution is 0.0697. The molecule has 5 nitrogen and oxygen atoms in total. The number of benzene rings is 2. The summed E-state index contributed by atoms with van der Waals surface area (Å²) in [6, 6.07) is 12.8. The van der Waals surface area contributed by atoms with Gasteiger partial charge in [0.05, 0.1) is 21.8 Å². The maximum atomic E-state index is 11.3. The van der Waals surface area contributed by atoms with E-state index in [4.69, 9.17) is 23.2 Å². The quantitative estimate of drug-likeness (QED) is 0.858. The van der Waals surface area contributed by atoms with Crippen LogP contribution in [0.25, 0.3) is 0 Å². The molecule has 0 atom stereocenters. The van der Waals surface area contributed by atoms with Gasteiger partial charge >= 0.3 is 5.97 Å². The summed E-state index contributed by atoms with van der Waals surface area (Å²) in [6.45, 7) is 3.72. The standard InChI is InChI=1S/C19H17Cl2N3O2/c20-16-10-17(21)15(19(25)26)9-14(16)12-23-5-7-24(8-6-23)18-4-2-1-3-13(18)11-22/h1-4,9-10H,5-8,12H2,(H,25,26). The first-order chi connectivity index (χ1) is 12.5. The second-order valence-electron chi connectivity index (χ2n) is 6.12. The number of nitriles is 1. The van der Waals surface area contributed by atoms with Gasteiger partial charge in [0.1, 0.15) is 6.07 Å². The van der Waals surface area contributed by atoms with E-state index in [0.29, 0.717) is 17.1 Å². The normalized spacial score (nSPS) is 14.9. The Morgan fingerprint density at radius 2 is 1.81 bits per heavy atom. The molecule has 1 fully saturated rings. The molecule has 0 amide bonds. The maximum absolute atomic E-state index is 11.3. The fraction of sp³-hybridized carbons (Fsp3) is 0.263. The summed E-state index contributed by atoms with van der Waals surface area (Å²) in [7, 11) is 0. The van der Waals surface area contributed by atoms with E-state index >= 15 is 0 Å². The third-order valence-electron chi connectivity index (χ3n) is 4.50. The summed E-state index contributed by atoms with van der Waals surface area (Å²) in [6.07, 6.45) is 0. The Morgan fingerprint density at radius 3 is 2.46 bits per heavy atom. The van der Waals surface area contributed by atoms with Crippen LogP contribution in [0.4, 0.5) is 5.69 Å². The Morgan fingerprint density at radius 1 is 1.12 bits per heavy atom. The molecule has 1 aliphatic heterocycles. The maximum Gasteiger partial charge on any atom is 0.337 e. The Balaban J connectivity index is 1.69. The predicted octanol–water partition coefficient (Wildman–Crippen LogP) is 3.89. The second kappa shape index (κ2) is 7.96. The number of hydrogen-bond acceptors (Lipinski definition) is 4. The minimum absolute atomic E-state index is 0.0626. The van der Waals surface area contributed by atoms with Gasteiger partial charge in [0.2, 0.25) is 0 Å². The highest BCUT2D eigenvalue weighted by Gasteiger charge is 2.21. The first-order valence-corrected chi connectivity index (χ1v) is 8.93. The van der Waals surface area contributed by atoms with Crippen LogP contribution in [0.2, 0.25) is 10.0 Å². The minimum Gasteiger partial charge on any atom is -0.478 e. The topological polar surface area (TPSA) is 67.6 Å². The lowest BCUT2D eigenvalue weighted by atomic mass is 10.1. The smallest absolute Gasteiger partial charge is 0.337 e. The number of para-hydroxylation sites is 1. The summed E-state index contributed by atoms with van der Waals surface area (Å²) >= 11 is 12.2. The molecule has 0 spiro atoms. The third kappa shape index (κ3) is 3.94. The molecular weight excluding hydrogens is 373 g/mol. The van der Waals surface area contributed by atoms with Crippen molar-refractivity contribution in [3.05, 3.63) is 63.1 Å². The Kier molecular flexibility index (Phi) is 5.67. The number of piperazine rings is 1. The first-order valence-electron chi connectivity index (χ1n) is 8.17. The van der Waals surface area contributed by atoms with Gasteiger partial charge in [0.15, 0.2) is 0 Å². The number of carboxylic acid groups (broad SMARTS) is 1. The van der Waals surface area contributed by atoms with Gasteiger partial charge in [-0.2, -0.15) is 5.26 Å². The van der Waals surface area contributed by atoms with Crippen molar-refractivity contribution in [2.45, 2.75) is 6.54 Å².